The maximum atomic E-state index is 11.6. The van der Waals surface area contributed by atoms with Crippen LogP contribution in [0.1, 0.15) is 21.9 Å². The normalized spacial score (nSPS) is 10.4. The highest BCUT2D eigenvalue weighted by atomic mass is 16.4. The molecule has 5 heteroatoms. The molecule has 0 aliphatic carbocycles. The Bertz CT molecular complexity index is 546. The van der Waals surface area contributed by atoms with Crippen LogP contribution in [0.25, 0.3) is 0 Å². The Kier molecular flexibility index (Phi) is 4.30. The molecule has 0 saturated carbocycles. The smallest absolute Gasteiger partial charge is 0.287 e. The first-order chi connectivity index (χ1) is 9.19. The summed E-state index contributed by atoms with van der Waals surface area (Å²) in [4.78, 5) is 11.6. The standard InChI is InChI=1S/C14H17N3O2/c1-11-4-8-17(9-5-11)10-12-2-3-13(19-12)14(18)16-7-6-15/h2-5,8-9H,6-7,10,15H2,1H3/p+1. The fourth-order valence-corrected chi connectivity index (χ4v) is 1.67. The molecule has 2 aromatic rings. The van der Waals surface area contributed by atoms with Crippen LogP contribution < -0.4 is 15.6 Å². The number of hydrogen-bond acceptors (Lipinski definition) is 3. The van der Waals surface area contributed by atoms with E-state index in [4.69, 9.17) is 10.2 Å². The monoisotopic (exact) mass is 260 g/mol. The Hall–Kier alpha value is -2.14. The molecule has 0 spiro atoms. The minimum atomic E-state index is -0.231. The molecule has 3 N–H and O–H groups in total. The zero-order chi connectivity index (χ0) is 13.7. The molecule has 2 rings (SSSR count). The van der Waals surface area contributed by atoms with E-state index in [-0.39, 0.29) is 5.91 Å². The third-order valence-corrected chi connectivity index (χ3v) is 2.71. The van der Waals surface area contributed by atoms with E-state index in [1.54, 1.807) is 6.07 Å². The van der Waals surface area contributed by atoms with Crippen LogP contribution in [0.4, 0.5) is 0 Å². The number of pyridine rings is 1. The van der Waals surface area contributed by atoms with Crippen LogP contribution in [0.2, 0.25) is 0 Å². The van der Waals surface area contributed by atoms with Crippen molar-refractivity contribution in [1.29, 1.82) is 0 Å². The zero-order valence-corrected chi connectivity index (χ0v) is 10.9. The molecule has 0 radical (unpaired) electrons. The zero-order valence-electron chi connectivity index (χ0n) is 10.9. The summed E-state index contributed by atoms with van der Waals surface area (Å²) in [5.41, 5.74) is 6.53. The quantitative estimate of drug-likeness (QED) is 0.774. The maximum absolute atomic E-state index is 11.6. The largest absolute Gasteiger partial charge is 0.449 e. The summed E-state index contributed by atoms with van der Waals surface area (Å²) >= 11 is 0. The van der Waals surface area contributed by atoms with Gasteiger partial charge in [-0.1, -0.05) is 0 Å². The van der Waals surface area contributed by atoms with Gasteiger partial charge < -0.3 is 15.5 Å². The number of nitrogens with one attached hydrogen (secondary N) is 1. The van der Waals surface area contributed by atoms with E-state index in [2.05, 4.69) is 5.32 Å². The van der Waals surface area contributed by atoms with E-state index in [9.17, 15) is 4.79 Å². The van der Waals surface area contributed by atoms with Crippen molar-refractivity contribution in [3.05, 3.63) is 53.7 Å². The van der Waals surface area contributed by atoms with Gasteiger partial charge in [0.15, 0.2) is 23.9 Å². The van der Waals surface area contributed by atoms with Gasteiger partial charge in [0, 0.05) is 25.2 Å². The SMILES string of the molecule is Cc1cc[n+](Cc2ccc(C(=O)NCCN)o2)cc1. The van der Waals surface area contributed by atoms with Crippen molar-refractivity contribution in [2.24, 2.45) is 5.73 Å². The molecule has 0 aliphatic rings. The fourth-order valence-electron chi connectivity index (χ4n) is 1.67. The molecule has 0 saturated heterocycles. The number of carbonyl (C=O) groups excluding carboxylic acids is 1. The Morgan fingerprint density at radius 3 is 2.74 bits per heavy atom. The lowest BCUT2D eigenvalue weighted by Gasteiger charge is -1.99. The van der Waals surface area contributed by atoms with Crippen molar-refractivity contribution < 1.29 is 13.8 Å². The number of amides is 1. The van der Waals surface area contributed by atoms with Gasteiger partial charge in [-0.3, -0.25) is 4.79 Å². The summed E-state index contributed by atoms with van der Waals surface area (Å²) in [6.07, 6.45) is 3.96. The summed E-state index contributed by atoms with van der Waals surface area (Å²) < 4.78 is 7.50. The van der Waals surface area contributed by atoms with E-state index in [0.29, 0.717) is 25.4 Å². The predicted octanol–water partition coefficient (Wildman–Crippen LogP) is 0.612. The highest BCUT2D eigenvalue weighted by Gasteiger charge is 2.12. The van der Waals surface area contributed by atoms with Crippen molar-refractivity contribution in [2.75, 3.05) is 13.1 Å². The predicted molar refractivity (Wildman–Crippen MR) is 70.6 cm³/mol. The molecule has 0 unspecified atom stereocenters. The molecule has 0 bridgehead atoms. The minimum absolute atomic E-state index is 0.231. The van der Waals surface area contributed by atoms with Crippen LogP contribution in [0, 0.1) is 6.92 Å². The Morgan fingerprint density at radius 1 is 1.32 bits per heavy atom. The number of nitrogens with zero attached hydrogens (tertiary/aromatic N) is 1. The Balaban J connectivity index is 2.01. The first-order valence-electron chi connectivity index (χ1n) is 6.22. The first-order valence-corrected chi connectivity index (χ1v) is 6.22. The molecular formula is C14H18N3O2+. The van der Waals surface area contributed by atoms with Gasteiger partial charge in [0.25, 0.3) is 5.91 Å². The lowest BCUT2D eigenvalue weighted by Crippen LogP contribution is -2.32. The van der Waals surface area contributed by atoms with Gasteiger partial charge in [-0.05, 0) is 24.6 Å². The summed E-state index contributed by atoms with van der Waals surface area (Å²) in [6, 6.07) is 7.54. The molecule has 0 atom stereocenters. The minimum Gasteiger partial charge on any atom is -0.449 e. The van der Waals surface area contributed by atoms with Crippen LogP contribution in [-0.2, 0) is 6.54 Å². The van der Waals surface area contributed by atoms with Gasteiger partial charge >= 0.3 is 0 Å². The number of aryl methyl sites for hydroxylation is 1. The topological polar surface area (TPSA) is 72.1 Å². The van der Waals surface area contributed by atoms with Crippen molar-refractivity contribution in [1.82, 2.24) is 5.32 Å². The molecule has 0 fully saturated rings. The maximum Gasteiger partial charge on any atom is 0.287 e. The van der Waals surface area contributed by atoms with Crippen molar-refractivity contribution in [3.8, 4) is 0 Å². The molecule has 0 aliphatic heterocycles. The van der Waals surface area contributed by atoms with E-state index in [1.807, 2.05) is 42.1 Å². The van der Waals surface area contributed by atoms with Crippen LogP contribution in [0.15, 0.2) is 41.1 Å². The molecule has 0 aromatic carbocycles. The molecule has 2 aromatic heterocycles. The average Bonchev–Trinajstić information content (AvgIpc) is 2.87. The highest BCUT2D eigenvalue weighted by Crippen LogP contribution is 2.07. The molecular weight excluding hydrogens is 242 g/mol. The average molecular weight is 260 g/mol. The number of rotatable bonds is 5. The van der Waals surface area contributed by atoms with Crippen LogP contribution >= 0.6 is 0 Å². The second-order valence-electron chi connectivity index (χ2n) is 4.36. The van der Waals surface area contributed by atoms with Gasteiger partial charge in [-0.2, -0.15) is 4.57 Å². The Morgan fingerprint density at radius 2 is 2.05 bits per heavy atom. The molecule has 19 heavy (non-hydrogen) atoms. The van der Waals surface area contributed by atoms with E-state index < -0.39 is 0 Å². The van der Waals surface area contributed by atoms with Gasteiger partial charge in [0.1, 0.15) is 0 Å². The first kappa shape index (κ1) is 13.3. The van der Waals surface area contributed by atoms with Gasteiger partial charge in [0.05, 0.1) is 0 Å². The Labute approximate surface area is 112 Å². The molecule has 5 nitrogen and oxygen atoms in total. The molecule has 2 heterocycles. The van der Waals surface area contributed by atoms with E-state index >= 15 is 0 Å². The van der Waals surface area contributed by atoms with Crippen LogP contribution in [0.5, 0.6) is 0 Å². The van der Waals surface area contributed by atoms with Crippen molar-refractivity contribution >= 4 is 5.91 Å². The fraction of sp³-hybridized carbons (Fsp3) is 0.286. The number of hydrogen-bond donors (Lipinski definition) is 2. The summed E-state index contributed by atoms with van der Waals surface area (Å²) in [6.45, 7) is 3.50. The van der Waals surface area contributed by atoms with Gasteiger partial charge in [-0.15, -0.1) is 0 Å². The van der Waals surface area contributed by atoms with Crippen LogP contribution in [-0.4, -0.2) is 19.0 Å². The van der Waals surface area contributed by atoms with E-state index in [0.717, 1.165) is 5.76 Å². The third-order valence-electron chi connectivity index (χ3n) is 2.71. The number of furan rings is 1. The number of aromatic nitrogens is 1. The van der Waals surface area contributed by atoms with E-state index in [1.165, 1.54) is 5.56 Å². The third kappa shape index (κ3) is 3.66. The number of nitrogens with two attached hydrogens (primary N) is 1. The highest BCUT2D eigenvalue weighted by molar-refractivity contribution is 5.91. The van der Waals surface area contributed by atoms with Crippen molar-refractivity contribution in [2.45, 2.75) is 13.5 Å². The second kappa shape index (κ2) is 6.15. The van der Waals surface area contributed by atoms with Gasteiger partial charge in [-0.25, -0.2) is 0 Å². The molecule has 1 amide bonds. The lowest BCUT2D eigenvalue weighted by molar-refractivity contribution is -0.690. The summed E-state index contributed by atoms with van der Waals surface area (Å²) in [5.74, 6) is 0.827. The van der Waals surface area contributed by atoms with Gasteiger partial charge in [0.2, 0.25) is 6.54 Å². The molecule has 100 valence electrons. The second-order valence-corrected chi connectivity index (χ2v) is 4.36. The lowest BCUT2D eigenvalue weighted by atomic mass is 10.3. The van der Waals surface area contributed by atoms with Crippen molar-refractivity contribution in [3.63, 3.8) is 0 Å². The van der Waals surface area contributed by atoms with Crippen LogP contribution in [0.3, 0.4) is 0 Å². The summed E-state index contributed by atoms with van der Waals surface area (Å²) in [7, 11) is 0. The summed E-state index contributed by atoms with van der Waals surface area (Å²) in [5, 5.41) is 2.67. The number of carbonyl (C=O) groups is 1.